The maximum absolute atomic E-state index is 5.63. The number of fused-ring (bicyclic) bond motifs is 1. The molecule has 0 aliphatic heterocycles. The molecule has 0 saturated heterocycles. The highest BCUT2D eigenvalue weighted by atomic mass is 79.9. The van der Waals surface area contributed by atoms with Crippen molar-refractivity contribution in [3.63, 3.8) is 0 Å². The van der Waals surface area contributed by atoms with Crippen molar-refractivity contribution < 1.29 is 4.74 Å². The van der Waals surface area contributed by atoms with E-state index in [0.29, 0.717) is 12.6 Å². The van der Waals surface area contributed by atoms with E-state index in [2.05, 4.69) is 31.3 Å². The van der Waals surface area contributed by atoms with Gasteiger partial charge in [0.05, 0.1) is 6.61 Å². The Bertz CT molecular complexity index is 714. The van der Waals surface area contributed by atoms with Gasteiger partial charge in [0.1, 0.15) is 5.75 Å². The molecule has 0 unspecified atom stereocenters. The first-order chi connectivity index (χ1) is 10.3. The largest absolute Gasteiger partial charge is 0.494 e. The van der Waals surface area contributed by atoms with Crippen LogP contribution in [0.1, 0.15) is 6.42 Å². The fourth-order valence-corrected chi connectivity index (χ4v) is 2.24. The van der Waals surface area contributed by atoms with Gasteiger partial charge >= 0.3 is 0 Å². The highest BCUT2D eigenvalue weighted by Crippen LogP contribution is 2.12. The number of nitrogens with zero attached hydrogens (tertiary/aromatic N) is 3. The first-order valence-corrected chi connectivity index (χ1v) is 7.54. The number of ether oxygens (including phenoxy) is 1. The molecule has 108 valence electrons. The fraction of sp³-hybridized carbons (Fsp3) is 0.200. The molecule has 0 saturated carbocycles. The molecule has 0 fully saturated rings. The average Bonchev–Trinajstić information content (AvgIpc) is 2.90. The van der Waals surface area contributed by atoms with Crippen LogP contribution in [0.3, 0.4) is 0 Å². The van der Waals surface area contributed by atoms with Crippen molar-refractivity contribution in [1.29, 1.82) is 0 Å². The van der Waals surface area contributed by atoms with Gasteiger partial charge in [0.15, 0.2) is 5.65 Å². The summed E-state index contributed by atoms with van der Waals surface area (Å²) in [6, 6.07) is 13.7. The third-order valence-electron chi connectivity index (χ3n) is 2.91. The van der Waals surface area contributed by atoms with Crippen LogP contribution in [-0.4, -0.2) is 27.7 Å². The first kappa shape index (κ1) is 13.9. The lowest BCUT2D eigenvalue weighted by atomic mass is 10.3. The van der Waals surface area contributed by atoms with Crippen molar-refractivity contribution >= 4 is 27.5 Å². The molecule has 0 bridgehead atoms. The Morgan fingerprint density at radius 1 is 1.14 bits per heavy atom. The van der Waals surface area contributed by atoms with E-state index in [4.69, 9.17) is 4.74 Å². The summed E-state index contributed by atoms with van der Waals surface area (Å²) in [7, 11) is 0. The van der Waals surface area contributed by atoms with E-state index in [0.717, 1.165) is 28.8 Å². The molecule has 0 atom stereocenters. The number of para-hydroxylation sites is 1. The van der Waals surface area contributed by atoms with Gasteiger partial charge in [-0.2, -0.15) is 4.98 Å². The van der Waals surface area contributed by atoms with Gasteiger partial charge in [-0.05, 0) is 46.6 Å². The van der Waals surface area contributed by atoms with Gasteiger partial charge in [-0.25, -0.2) is 4.52 Å². The van der Waals surface area contributed by atoms with E-state index in [1.54, 1.807) is 4.52 Å². The van der Waals surface area contributed by atoms with Gasteiger partial charge in [0.25, 0.3) is 0 Å². The molecule has 2 aromatic heterocycles. The highest BCUT2D eigenvalue weighted by Gasteiger charge is 2.02. The maximum atomic E-state index is 5.63. The van der Waals surface area contributed by atoms with Crippen molar-refractivity contribution in [3.05, 3.63) is 53.1 Å². The molecule has 3 rings (SSSR count). The average molecular weight is 347 g/mol. The standard InChI is InChI=1S/C15H15BrN4O/c16-12-7-8-14-18-15(19-20(14)11-12)17-9-4-10-21-13-5-2-1-3-6-13/h1-3,5-8,11H,4,9-10H2,(H,17,19). The monoisotopic (exact) mass is 346 g/mol. The van der Waals surface area contributed by atoms with Crippen LogP contribution in [-0.2, 0) is 0 Å². The lowest BCUT2D eigenvalue weighted by molar-refractivity contribution is 0.315. The predicted molar refractivity (Wildman–Crippen MR) is 85.7 cm³/mol. The van der Waals surface area contributed by atoms with Crippen molar-refractivity contribution in [2.24, 2.45) is 0 Å². The summed E-state index contributed by atoms with van der Waals surface area (Å²) in [4.78, 5) is 4.39. The number of nitrogens with one attached hydrogen (secondary N) is 1. The molecule has 0 spiro atoms. The Kier molecular flexibility index (Phi) is 4.35. The lowest BCUT2D eigenvalue weighted by Gasteiger charge is -2.05. The molecule has 1 aromatic carbocycles. The number of benzene rings is 1. The van der Waals surface area contributed by atoms with Crippen molar-refractivity contribution in [1.82, 2.24) is 14.6 Å². The Hall–Kier alpha value is -2.08. The number of anilines is 1. The molecular formula is C15H15BrN4O. The van der Waals surface area contributed by atoms with Crippen molar-refractivity contribution in [3.8, 4) is 5.75 Å². The number of aromatic nitrogens is 3. The maximum Gasteiger partial charge on any atom is 0.243 e. The fourth-order valence-electron chi connectivity index (χ4n) is 1.91. The smallest absolute Gasteiger partial charge is 0.243 e. The number of hydrogen-bond acceptors (Lipinski definition) is 4. The molecule has 21 heavy (non-hydrogen) atoms. The van der Waals surface area contributed by atoms with E-state index >= 15 is 0 Å². The quantitative estimate of drug-likeness (QED) is 0.695. The topological polar surface area (TPSA) is 51.5 Å². The second kappa shape index (κ2) is 6.58. The summed E-state index contributed by atoms with van der Waals surface area (Å²) in [6.45, 7) is 1.43. The molecule has 5 nitrogen and oxygen atoms in total. The summed E-state index contributed by atoms with van der Waals surface area (Å²) in [6.07, 6.45) is 2.76. The van der Waals surface area contributed by atoms with E-state index < -0.39 is 0 Å². The van der Waals surface area contributed by atoms with E-state index in [9.17, 15) is 0 Å². The summed E-state index contributed by atoms with van der Waals surface area (Å²) in [5.74, 6) is 1.53. The molecule has 3 aromatic rings. The van der Waals surface area contributed by atoms with Crippen LogP contribution >= 0.6 is 15.9 Å². The predicted octanol–water partition coefficient (Wildman–Crippen LogP) is 3.37. The third kappa shape index (κ3) is 3.72. The van der Waals surface area contributed by atoms with Crippen LogP contribution in [0.5, 0.6) is 5.75 Å². The Balaban J connectivity index is 1.46. The zero-order valence-electron chi connectivity index (χ0n) is 11.4. The second-order valence-electron chi connectivity index (χ2n) is 4.53. The van der Waals surface area contributed by atoms with E-state index in [1.807, 2.05) is 48.7 Å². The second-order valence-corrected chi connectivity index (χ2v) is 5.44. The van der Waals surface area contributed by atoms with Gasteiger partial charge in [0, 0.05) is 17.2 Å². The number of halogens is 1. The minimum Gasteiger partial charge on any atom is -0.494 e. The van der Waals surface area contributed by atoms with Gasteiger partial charge in [-0.3, -0.25) is 0 Å². The summed E-state index contributed by atoms with van der Waals surface area (Å²) in [5, 5.41) is 7.55. The van der Waals surface area contributed by atoms with E-state index in [1.165, 1.54) is 0 Å². The van der Waals surface area contributed by atoms with Crippen LogP contribution in [0.25, 0.3) is 5.65 Å². The molecule has 1 N–H and O–H groups in total. The zero-order valence-corrected chi connectivity index (χ0v) is 13.0. The van der Waals surface area contributed by atoms with Crippen LogP contribution in [0, 0.1) is 0 Å². The lowest BCUT2D eigenvalue weighted by Crippen LogP contribution is -2.08. The first-order valence-electron chi connectivity index (χ1n) is 6.75. The van der Waals surface area contributed by atoms with Gasteiger partial charge < -0.3 is 10.1 Å². The van der Waals surface area contributed by atoms with Crippen LogP contribution in [0.2, 0.25) is 0 Å². The van der Waals surface area contributed by atoms with Crippen LogP contribution < -0.4 is 10.1 Å². The SMILES string of the molecule is Brc1ccc2nc(NCCCOc3ccccc3)nn2c1. The van der Waals surface area contributed by atoms with Crippen LogP contribution in [0.15, 0.2) is 53.1 Å². The normalized spacial score (nSPS) is 10.7. The van der Waals surface area contributed by atoms with Crippen molar-refractivity contribution in [2.45, 2.75) is 6.42 Å². The Morgan fingerprint density at radius 3 is 2.86 bits per heavy atom. The molecule has 6 heteroatoms. The minimum atomic E-state index is 0.632. The van der Waals surface area contributed by atoms with Crippen molar-refractivity contribution in [2.75, 3.05) is 18.5 Å². The highest BCUT2D eigenvalue weighted by molar-refractivity contribution is 9.10. The van der Waals surface area contributed by atoms with E-state index in [-0.39, 0.29) is 0 Å². The number of pyridine rings is 1. The molecule has 0 amide bonds. The summed E-state index contributed by atoms with van der Waals surface area (Å²) in [5.41, 5.74) is 0.821. The molecule has 0 radical (unpaired) electrons. The molecule has 0 aliphatic rings. The third-order valence-corrected chi connectivity index (χ3v) is 3.38. The van der Waals surface area contributed by atoms with Gasteiger partial charge in [-0.15, -0.1) is 5.10 Å². The minimum absolute atomic E-state index is 0.632. The molecule has 2 heterocycles. The zero-order chi connectivity index (χ0) is 14.5. The van der Waals surface area contributed by atoms with Gasteiger partial charge in [0.2, 0.25) is 5.95 Å². The number of rotatable bonds is 6. The number of hydrogen-bond donors (Lipinski definition) is 1. The Labute approximate surface area is 131 Å². The molecule has 0 aliphatic carbocycles. The molecular weight excluding hydrogens is 332 g/mol. The summed E-state index contributed by atoms with van der Waals surface area (Å²) >= 11 is 3.41. The van der Waals surface area contributed by atoms with Gasteiger partial charge in [-0.1, -0.05) is 18.2 Å². The van der Waals surface area contributed by atoms with Crippen LogP contribution in [0.4, 0.5) is 5.95 Å². The summed E-state index contributed by atoms with van der Waals surface area (Å²) < 4.78 is 8.34. The Morgan fingerprint density at radius 2 is 2.00 bits per heavy atom.